The Labute approximate surface area is 174 Å². The smallest absolute Gasteiger partial charge is 0.277 e. The van der Waals surface area contributed by atoms with Gasteiger partial charge in [-0.1, -0.05) is 13.8 Å². The second kappa shape index (κ2) is 12.1. The molecule has 9 nitrogen and oxygen atoms in total. The number of nitrogens with one attached hydrogen (secondary N) is 1. The quantitative estimate of drug-likeness (QED) is 0.321. The van der Waals surface area contributed by atoms with Gasteiger partial charge in [-0.25, -0.2) is 5.43 Å². The van der Waals surface area contributed by atoms with Crippen molar-refractivity contribution in [2.24, 2.45) is 5.10 Å². The lowest BCUT2D eigenvalue weighted by Gasteiger charge is -2.11. The fraction of sp³-hybridized carbons (Fsp3) is 0.333. The summed E-state index contributed by atoms with van der Waals surface area (Å²) in [6.45, 7) is 4.93. The van der Waals surface area contributed by atoms with Crippen LogP contribution in [0.1, 0.15) is 32.3 Å². The summed E-state index contributed by atoms with van der Waals surface area (Å²) in [4.78, 5) is 22.0. The van der Waals surface area contributed by atoms with Gasteiger partial charge < -0.3 is 14.2 Å². The van der Waals surface area contributed by atoms with Crippen molar-refractivity contribution in [1.82, 2.24) is 5.43 Å². The van der Waals surface area contributed by atoms with Crippen LogP contribution < -0.4 is 19.6 Å². The summed E-state index contributed by atoms with van der Waals surface area (Å²) in [6.07, 6.45) is 3.24. The van der Waals surface area contributed by atoms with E-state index in [0.717, 1.165) is 12.8 Å². The fourth-order valence-electron chi connectivity index (χ4n) is 2.29. The van der Waals surface area contributed by atoms with Crippen molar-refractivity contribution in [1.29, 1.82) is 0 Å². The molecule has 0 unspecified atom stereocenters. The molecule has 0 aromatic heterocycles. The molecule has 2 aromatic rings. The molecule has 0 fully saturated rings. The Morgan fingerprint density at radius 3 is 2.37 bits per heavy atom. The summed E-state index contributed by atoms with van der Waals surface area (Å²) in [5.41, 5.74) is 3.02. The first-order chi connectivity index (χ1) is 14.5. The Morgan fingerprint density at radius 2 is 1.70 bits per heavy atom. The van der Waals surface area contributed by atoms with Gasteiger partial charge in [-0.05, 0) is 37.1 Å². The average Bonchev–Trinajstić information content (AvgIpc) is 2.76. The van der Waals surface area contributed by atoms with Crippen LogP contribution in [0, 0.1) is 10.1 Å². The number of nitrogens with zero attached hydrogens (tertiary/aromatic N) is 2. The standard InChI is InChI=1S/C21H25N3O6/c1-3-11-28-19-8-5-16(20(13-19)29-12-4-2)14-22-23-21(25)15-30-18-9-6-17(7-10-18)24(26)27/h5-10,13-14H,3-4,11-12,15H2,1-2H3,(H,23,25). The van der Waals surface area contributed by atoms with E-state index in [1.165, 1.54) is 30.5 Å². The highest BCUT2D eigenvalue weighted by molar-refractivity contribution is 5.85. The van der Waals surface area contributed by atoms with Gasteiger partial charge in [-0.2, -0.15) is 5.10 Å². The third-order valence-corrected chi connectivity index (χ3v) is 3.73. The van der Waals surface area contributed by atoms with Crippen LogP contribution in [0.15, 0.2) is 47.6 Å². The molecule has 0 atom stereocenters. The van der Waals surface area contributed by atoms with Crippen molar-refractivity contribution in [3.8, 4) is 17.2 Å². The Kier molecular flexibility index (Phi) is 9.11. The number of hydrazone groups is 1. The average molecular weight is 415 g/mol. The highest BCUT2D eigenvalue weighted by Crippen LogP contribution is 2.24. The Bertz CT molecular complexity index is 868. The summed E-state index contributed by atoms with van der Waals surface area (Å²) in [5.74, 6) is 1.20. The van der Waals surface area contributed by atoms with Crippen molar-refractivity contribution in [3.63, 3.8) is 0 Å². The van der Waals surface area contributed by atoms with E-state index >= 15 is 0 Å². The van der Waals surface area contributed by atoms with Gasteiger partial charge in [-0.3, -0.25) is 14.9 Å². The molecule has 0 radical (unpaired) electrons. The van der Waals surface area contributed by atoms with E-state index in [1.807, 2.05) is 19.9 Å². The first kappa shape index (κ1) is 22.7. The lowest BCUT2D eigenvalue weighted by molar-refractivity contribution is -0.384. The van der Waals surface area contributed by atoms with Crippen molar-refractivity contribution in [2.75, 3.05) is 19.8 Å². The highest BCUT2D eigenvalue weighted by atomic mass is 16.6. The molecule has 1 N–H and O–H groups in total. The molecule has 0 heterocycles. The molecule has 2 rings (SSSR count). The number of non-ortho nitro benzene ring substituents is 1. The molecular weight excluding hydrogens is 390 g/mol. The number of nitro groups is 1. The number of hydrogen-bond acceptors (Lipinski definition) is 7. The maximum Gasteiger partial charge on any atom is 0.277 e. The molecule has 0 bridgehead atoms. The summed E-state index contributed by atoms with van der Waals surface area (Å²) in [5, 5.41) is 14.6. The maximum absolute atomic E-state index is 11.9. The van der Waals surface area contributed by atoms with Crippen LogP contribution in [0.25, 0.3) is 0 Å². The van der Waals surface area contributed by atoms with Gasteiger partial charge in [-0.15, -0.1) is 0 Å². The monoisotopic (exact) mass is 415 g/mol. The number of benzene rings is 2. The SMILES string of the molecule is CCCOc1ccc(C=NNC(=O)COc2ccc([N+](=O)[O-])cc2)c(OCCC)c1. The van der Waals surface area contributed by atoms with Gasteiger partial charge >= 0.3 is 0 Å². The molecule has 1 amide bonds. The van der Waals surface area contributed by atoms with E-state index in [0.29, 0.717) is 36.0 Å². The summed E-state index contributed by atoms with van der Waals surface area (Å²) >= 11 is 0. The molecule has 30 heavy (non-hydrogen) atoms. The molecule has 0 aliphatic rings. The van der Waals surface area contributed by atoms with E-state index in [9.17, 15) is 14.9 Å². The molecule has 0 saturated carbocycles. The van der Waals surface area contributed by atoms with Crippen LogP contribution in [-0.4, -0.2) is 36.9 Å². The van der Waals surface area contributed by atoms with Gasteiger partial charge in [0.15, 0.2) is 6.61 Å². The van der Waals surface area contributed by atoms with Gasteiger partial charge in [0.05, 0.1) is 24.4 Å². The highest BCUT2D eigenvalue weighted by Gasteiger charge is 2.07. The third-order valence-electron chi connectivity index (χ3n) is 3.73. The van der Waals surface area contributed by atoms with Crippen LogP contribution in [-0.2, 0) is 4.79 Å². The largest absolute Gasteiger partial charge is 0.493 e. The van der Waals surface area contributed by atoms with Gasteiger partial charge in [0.2, 0.25) is 0 Å². The number of rotatable bonds is 12. The Hall–Kier alpha value is -3.62. The number of nitro benzene ring substituents is 1. The number of hydrogen-bond donors (Lipinski definition) is 1. The van der Waals surface area contributed by atoms with Gasteiger partial charge in [0, 0.05) is 23.8 Å². The lowest BCUT2D eigenvalue weighted by atomic mass is 10.2. The molecule has 2 aromatic carbocycles. The zero-order valence-electron chi connectivity index (χ0n) is 17.0. The van der Waals surface area contributed by atoms with Crippen LogP contribution in [0.5, 0.6) is 17.2 Å². The molecule has 0 aliphatic heterocycles. The number of carbonyl (C=O) groups is 1. The number of ether oxygens (including phenoxy) is 3. The summed E-state index contributed by atoms with van der Waals surface area (Å²) in [7, 11) is 0. The van der Waals surface area contributed by atoms with E-state index in [2.05, 4.69) is 10.5 Å². The summed E-state index contributed by atoms with van der Waals surface area (Å²) < 4.78 is 16.6. The predicted octanol–water partition coefficient (Wildman–Crippen LogP) is 3.70. The van der Waals surface area contributed by atoms with Gasteiger partial charge in [0.1, 0.15) is 17.2 Å². The number of amides is 1. The molecule has 160 valence electrons. The lowest BCUT2D eigenvalue weighted by Crippen LogP contribution is -2.24. The van der Waals surface area contributed by atoms with E-state index in [-0.39, 0.29) is 12.3 Å². The second-order valence-corrected chi connectivity index (χ2v) is 6.23. The Balaban J connectivity index is 1.90. The fourth-order valence-corrected chi connectivity index (χ4v) is 2.29. The molecule has 9 heteroatoms. The molecule has 0 aliphatic carbocycles. The first-order valence-electron chi connectivity index (χ1n) is 9.62. The van der Waals surface area contributed by atoms with Crippen molar-refractivity contribution < 1.29 is 23.9 Å². The minimum Gasteiger partial charge on any atom is -0.493 e. The second-order valence-electron chi connectivity index (χ2n) is 6.23. The predicted molar refractivity (Wildman–Crippen MR) is 112 cm³/mol. The van der Waals surface area contributed by atoms with Gasteiger partial charge in [0.25, 0.3) is 11.6 Å². The third kappa shape index (κ3) is 7.42. The van der Waals surface area contributed by atoms with Crippen LogP contribution >= 0.6 is 0 Å². The van der Waals surface area contributed by atoms with Crippen molar-refractivity contribution in [2.45, 2.75) is 26.7 Å². The number of carbonyl (C=O) groups excluding carboxylic acids is 1. The van der Waals surface area contributed by atoms with Crippen LogP contribution in [0.2, 0.25) is 0 Å². The molecular formula is C21H25N3O6. The van der Waals surface area contributed by atoms with Crippen molar-refractivity contribution >= 4 is 17.8 Å². The molecule has 0 spiro atoms. The first-order valence-corrected chi connectivity index (χ1v) is 9.62. The van der Waals surface area contributed by atoms with Crippen LogP contribution in [0.3, 0.4) is 0 Å². The van der Waals surface area contributed by atoms with E-state index < -0.39 is 10.8 Å². The topological polar surface area (TPSA) is 112 Å². The Morgan fingerprint density at radius 1 is 1.03 bits per heavy atom. The minimum atomic E-state index is -0.508. The van der Waals surface area contributed by atoms with Crippen LogP contribution in [0.4, 0.5) is 5.69 Å². The zero-order chi connectivity index (χ0) is 21.8. The minimum absolute atomic E-state index is 0.0522. The van der Waals surface area contributed by atoms with E-state index in [1.54, 1.807) is 12.1 Å². The van der Waals surface area contributed by atoms with Crippen molar-refractivity contribution in [3.05, 3.63) is 58.1 Å². The molecule has 0 saturated heterocycles. The zero-order valence-corrected chi connectivity index (χ0v) is 17.0. The van der Waals surface area contributed by atoms with E-state index in [4.69, 9.17) is 14.2 Å². The normalized spacial score (nSPS) is 10.6. The maximum atomic E-state index is 11.9. The summed E-state index contributed by atoms with van der Waals surface area (Å²) in [6, 6.07) is 10.9.